The van der Waals surface area contributed by atoms with Gasteiger partial charge in [-0.1, -0.05) is 23.4 Å². The molecule has 0 saturated carbocycles. The van der Waals surface area contributed by atoms with Gasteiger partial charge in [-0.25, -0.2) is 4.68 Å². The van der Waals surface area contributed by atoms with Gasteiger partial charge in [-0.15, -0.1) is 5.10 Å². The van der Waals surface area contributed by atoms with Gasteiger partial charge < -0.3 is 10.0 Å². The molecular weight excluding hydrogens is 268 g/mol. The van der Waals surface area contributed by atoms with E-state index in [1.54, 1.807) is 18.0 Å². The lowest BCUT2D eigenvalue weighted by molar-refractivity contribution is -0.119. The van der Waals surface area contributed by atoms with Crippen molar-refractivity contribution in [2.24, 2.45) is 0 Å². The lowest BCUT2D eigenvalue weighted by Crippen LogP contribution is -2.34. The Morgan fingerprint density at radius 3 is 2.71 bits per heavy atom. The number of likely N-dealkylation sites (N-methyl/N-ethyl adjacent to an activating group) is 1. The highest BCUT2D eigenvalue weighted by Crippen LogP contribution is 2.19. The molecule has 0 bridgehead atoms. The molecule has 1 aromatic carbocycles. The predicted octanol–water partition coefficient (Wildman–Crippen LogP) is 1.69. The van der Waals surface area contributed by atoms with E-state index < -0.39 is 6.10 Å². The summed E-state index contributed by atoms with van der Waals surface area (Å²) < 4.78 is 1.45. The van der Waals surface area contributed by atoms with Crippen molar-refractivity contribution in [1.82, 2.24) is 15.0 Å². The molecule has 112 valence electrons. The van der Waals surface area contributed by atoms with Crippen LogP contribution >= 0.6 is 0 Å². The van der Waals surface area contributed by atoms with Crippen molar-refractivity contribution in [1.29, 1.82) is 0 Å². The molecular formula is C15H20N4O2. The zero-order chi connectivity index (χ0) is 15.4. The lowest BCUT2D eigenvalue weighted by atomic mass is 10.2. The molecule has 0 aliphatic carbocycles. The van der Waals surface area contributed by atoms with E-state index >= 15 is 0 Å². The number of benzene rings is 1. The minimum Gasteiger partial charge on any atom is -0.387 e. The van der Waals surface area contributed by atoms with Crippen LogP contribution in [0.4, 0.5) is 5.69 Å². The number of aliphatic hydroxyl groups excluding tert-OH is 1. The number of anilines is 1. The van der Waals surface area contributed by atoms with Gasteiger partial charge in [0.1, 0.15) is 12.2 Å². The fourth-order valence-electron chi connectivity index (χ4n) is 2.15. The maximum atomic E-state index is 12.5. The maximum Gasteiger partial charge on any atom is 0.248 e. The average molecular weight is 288 g/mol. The monoisotopic (exact) mass is 288 g/mol. The number of nitrogens with zero attached hydrogens (tertiary/aromatic N) is 4. The Labute approximate surface area is 124 Å². The van der Waals surface area contributed by atoms with E-state index in [-0.39, 0.29) is 12.5 Å². The Hall–Kier alpha value is -2.21. The molecule has 1 atom stereocenters. The third-order valence-corrected chi connectivity index (χ3v) is 3.31. The summed E-state index contributed by atoms with van der Waals surface area (Å²) in [5.74, 6) is -0.0613. The minimum absolute atomic E-state index is 0.0613. The average Bonchev–Trinajstić information content (AvgIpc) is 2.90. The lowest BCUT2D eigenvalue weighted by Gasteiger charge is -2.22. The zero-order valence-corrected chi connectivity index (χ0v) is 12.5. The van der Waals surface area contributed by atoms with Crippen LogP contribution in [0.15, 0.2) is 30.5 Å². The number of amides is 1. The van der Waals surface area contributed by atoms with Crippen LogP contribution < -0.4 is 4.90 Å². The van der Waals surface area contributed by atoms with E-state index in [0.29, 0.717) is 12.2 Å². The van der Waals surface area contributed by atoms with Gasteiger partial charge in [0.25, 0.3) is 0 Å². The van der Waals surface area contributed by atoms with Gasteiger partial charge in [-0.2, -0.15) is 0 Å². The highest BCUT2D eigenvalue weighted by molar-refractivity contribution is 5.93. The van der Waals surface area contributed by atoms with Gasteiger partial charge in [0.2, 0.25) is 5.91 Å². The summed E-state index contributed by atoms with van der Waals surface area (Å²) in [5.41, 5.74) is 2.42. The molecule has 1 amide bonds. The second kappa shape index (κ2) is 6.49. The summed E-state index contributed by atoms with van der Waals surface area (Å²) in [5, 5.41) is 17.1. The first-order valence-electron chi connectivity index (χ1n) is 6.97. The first-order chi connectivity index (χ1) is 10.0. The van der Waals surface area contributed by atoms with Crippen molar-refractivity contribution in [2.75, 3.05) is 11.4 Å². The van der Waals surface area contributed by atoms with Crippen molar-refractivity contribution in [2.45, 2.75) is 33.4 Å². The molecule has 2 aromatic rings. The fourth-order valence-corrected chi connectivity index (χ4v) is 2.15. The summed E-state index contributed by atoms with van der Waals surface area (Å²) in [4.78, 5) is 14.2. The standard InChI is InChI=1S/C15H20N4O2/c1-4-19(14-8-6-5-7-11(14)2)15(21)10-18-9-13(12(3)20)16-17-18/h5-9,12,20H,4,10H2,1-3H3. The second-order valence-electron chi connectivity index (χ2n) is 4.94. The van der Waals surface area contributed by atoms with Gasteiger partial charge in [-0.05, 0) is 32.4 Å². The summed E-state index contributed by atoms with van der Waals surface area (Å²) in [6.07, 6.45) is 0.904. The Morgan fingerprint density at radius 1 is 1.43 bits per heavy atom. The molecule has 1 N–H and O–H groups in total. The van der Waals surface area contributed by atoms with Crippen molar-refractivity contribution >= 4 is 11.6 Å². The summed E-state index contributed by atoms with van der Waals surface area (Å²) in [6.45, 7) is 6.21. The van der Waals surface area contributed by atoms with E-state index in [1.165, 1.54) is 4.68 Å². The van der Waals surface area contributed by atoms with Crippen LogP contribution in [0, 0.1) is 6.92 Å². The summed E-state index contributed by atoms with van der Waals surface area (Å²) >= 11 is 0. The molecule has 2 rings (SSSR count). The fraction of sp³-hybridized carbons (Fsp3) is 0.400. The quantitative estimate of drug-likeness (QED) is 0.909. The number of aromatic nitrogens is 3. The first-order valence-corrected chi connectivity index (χ1v) is 6.97. The number of hydrogen-bond donors (Lipinski definition) is 1. The molecule has 0 fully saturated rings. The largest absolute Gasteiger partial charge is 0.387 e. The molecule has 1 heterocycles. The minimum atomic E-state index is -0.688. The van der Waals surface area contributed by atoms with E-state index in [9.17, 15) is 9.90 Å². The highest BCUT2D eigenvalue weighted by atomic mass is 16.3. The Bertz CT molecular complexity index is 622. The van der Waals surface area contributed by atoms with Crippen molar-refractivity contribution in [3.8, 4) is 0 Å². The summed E-state index contributed by atoms with van der Waals surface area (Å²) in [6, 6.07) is 7.77. The van der Waals surface area contributed by atoms with E-state index in [4.69, 9.17) is 0 Å². The van der Waals surface area contributed by atoms with Crippen LogP contribution in [0.3, 0.4) is 0 Å². The van der Waals surface area contributed by atoms with Gasteiger partial charge in [0.05, 0.1) is 12.3 Å². The number of carbonyl (C=O) groups is 1. The van der Waals surface area contributed by atoms with Crippen molar-refractivity contribution in [3.63, 3.8) is 0 Å². The van der Waals surface area contributed by atoms with Gasteiger partial charge in [0, 0.05) is 12.2 Å². The van der Waals surface area contributed by atoms with E-state index in [0.717, 1.165) is 11.3 Å². The summed E-state index contributed by atoms with van der Waals surface area (Å²) in [7, 11) is 0. The number of para-hydroxylation sites is 1. The van der Waals surface area contributed by atoms with Crippen molar-refractivity contribution in [3.05, 3.63) is 41.7 Å². The highest BCUT2D eigenvalue weighted by Gasteiger charge is 2.17. The third-order valence-electron chi connectivity index (χ3n) is 3.31. The molecule has 0 aliphatic heterocycles. The number of aliphatic hydroxyl groups is 1. The predicted molar refractivity (Wildman–Crippen MR) is 79.9 cm³/mol. The van der Waals surface area contributed by atoms with Crippen LogP contribution in [0.1, 0.15) is 31.2 Å². The van der Waals surface area contributed by atoms with Gasteiger partial charge in [-0.3, -0.25) is 4.79 Å². The number of carbonyl (C=O) groups excluding carboxylic acids is 1. The third kappa shape index (κ3) is 3.46. The number of hydrogen-bond acceptors (Lipinski definition) is 4. The smallest absolute Gasteiger partial charge is 0.248 e. The SMILES string of the molecule is CCN(C(=O)Cn1cc(C(C)O)nn1)c1ccccc1C. The number of rotatable bonds is 5. The van der Waals surface area contributed by atoms with Crippen LogP contribution in [-0.4, -0.2) is 32.6 Å². The maximum absolute atomic E-state index is 12.5. The molecule has 1 aromatic heterocycles. The van der Waals surface area contributed by atoms with Crippen LogP contribution in [0.5, 0.6) is 0 Å². The zero-order valence-electron chi connectivity index (χ0n) is 12.5. The van der Waals surface area contributed by atoms with E-state index in [1.807, 2.05) is 38.1 Å². The molecule has 0 saturated heterocycles. The molecule has 6 heteroatoms. The van der Waals surface area contributed by atoms with E-state index in [2.05, 4.69) is 10.3 Å². The molecule has 0 spiro atoms. The van der Waals surface area contributed by atoms with Gasteiger partial charge in [0.15, 0.2) is 0 Å². The van der Waals surface area contributed by atoms with Crippen molar-refractivity contribution < 1.29 is 9.90 Å². The van der Waals surface area contributed by atoms with Crippen LogP contribution in [0.25, 0.3) is 0 Å². The Kier molecular flexibility index (Phi) is 4.70. The molecule has 0 radical (unpaired) electrons. The van der Waals surface area contributed by atoms with Crippen LogP contribution in [-0.2, 0) is 11.3 Å². The Morgan fingerprint density at radius 2 is 2.14 bits per heavy atom. The molecule has 1 unspecified atom stereocenters. The normalized spacial score (nSPS) is 12.2. The first kappa shape index (κ1) is 15.2. The molecule has 6 nitrogen and oxygen atoms in total. The van der Waals surface area contributed by atoms with Gasteiger partial charge >= 0.3 is 0 Å². The number of aryl methyl sites for hydroxylation is 1. The molecule has 0 aliphatic rings. The molecule has 21 heavy (non-hydrogen) atoms. The second-order valence-corrected chi connectivity index (χ2v) is 4.94. The van der Waals surface area contributed by atoms with Crippen LogP contribution in [0.2, 0.25) is 0 Å². The topological polar surface area (TPSA) is 71.2 Å². The Balaban J connectivity index is 2.15.